The highest BCUT2D eigenvalue weighted by molar-refractivity contribution is 5.34. The molecule has 0 amide bonds. The van der Waals surface area contributed by atoms with Gasteiger partial charge >= 0.3 is 0 Å². The van der Waals surface area contributed by atoms with E-state index in [9.17, 15) is 0 Å². The second-order valence-electron chi connectivity index (χ2n) is 46.4. The Kier molecular flexibility index (Phi) is 41.5. The summed E-state index contributed by atoms with van der Waals surface area (Å²) in [6.07, 6.45) is 88.0. The van der Waals surface area contributed by atoms with Crippen molar-refractivity contribution in [3.63, 3.8) is 0 Å². The monoisotopic (exact) mass is 1720 g/mol. The zero-order chi connectivity index (χ0) is 87.2. The molecule has 0 heterocycles. The highest BCUT2D eigenvalue weighted by Crippen LogP contribution is 2.53. The van der Waals surface area contributed by atoms with Gasteiger partial charge in [-0.25, -0.2) is 17.6 Å². The Morgan fingerprint density at radius 1 is 0.184 bits per heavy atom. The molecule has 0 unspecified atom stereocenters. The zero-order valence-corrected chi connectivity index (χ0v) is 82.3. The van der Waals surface area contributed by atoms with E-state index in [4.69, 9.17) is 0 Å². The fraction of sp³-hybridized carbons (Fsp3) is 0.802. The summed E-state index contributed by atoms with van der Waals surface area (Å²) in [5.74, 6) is 19.7. The molecule has 0 saturated heterocycles. The molecule has 0 aromatic heterocycles. The third-order valence-corrected chi connectivity index (χ3v) is 38.3. The molecule has 4 aromatic rings. The van der Waals surface area contributed by atoms with Crippen molar-refractivity contribution in [2.75, 3.05) is 0 Å². The average molecular weight is 1720 g/mol. The van der Waals surface area contributed by atoms with Gasteiger partial charge in [0.05, 0.1) is 0 Å². The SMILES string of the molecule is CCCC1CCC(C2CCC(c3ccc(C4CCC(C)CC4)cc3F)CC2)CC1.CCCC1CCC(c2ccc(C3CCC(C4CCC(CCC)CC4)CC3)c(F)c2)CC1.CCCCC1CCC(C2CCC(c3ccc(C4CCC(CCC)CC4)cc3F)CC2)CC1.CCCCCC1CCC(C2CCC(c3ccc(C4CCC(CCC)CC4)cc3F)CC2)CC1. The smallest absolute Gasteiger partial charge is 0.126 e. The van der Waals surface area contributed by atoms with E-state index in [0.717, 1.165) is 117 Å². The summed E-state index contributed by atoms with van der Waals surface area (Å²) in [5.41, 5.74) is 9.16. The summed E-state index contributed by atoms with van der Waals surface area (Å²) in [4.78, 5) is 0. The second kappa shape index (κ2) is 52.3. The van der Waals surface area contributed by atoms with Crippen molar-refractivity contribution in [1.29, 1.82) is 0 Å². The molecule has 4 aromatic carbocycles. The summed E-state index contributed by atoms with van der Waals surface area (Å²) in [5, 5.41) is 0. The molecule has 12 fully saturated rings. The number of rotatable bonds is 29. The first-order chi connectivity index (χ1) is 61.2. The van der Waals surface area contributed by atoms with Gasteiger partial charge in [-0.15, -0.1) is 0 Å². The van der Waals surface area contributed by atoms with E-state index in [1.807, 2.05) is 24.3 Å². The van der Waals surface area contributed by atoms with Gasteiger partial charge in [0.2, 0.25) is 0 Å². The Morgan fingerprint density at radius 2 is 0.360 bits per heavy atom. The van der Waals surface area contributed by atoms with Crippen molar-refractivity contribution in [1.82, 2.24) is 0 Å². The van der Waals surface area contributed by atoms with Crippen molar-refractivity contribution < 1.29 is 17.6 Å². The van der Waals surface area contributed by atoms with E-state index in [2.05, 4.69) is 104 Å². The number of benzene rings is 4. The summed E-state index contributed by atoms with van der Waals surface area (Å²) >= 11 is 0. The van der Waals surface area contributed by atoms with Crippen LogP contribution >= 0.6 is 0 Å². The van der Waals surface area contributed by atoms with Crippen LogP contribution in [-0.2, 0) is 0 Å². The minimum absolute atomic E-state index is 0.0876. The number of halogens is 4. The fourth-order valence-electron chi connectivity index (χ4n) is 30.1. The molecule has 12 saturated carbocycles. The normalized spacial score (nSPS) is 34.4. The van der Waals surface area contributed by atoms with Crippen LogP contribution in [-0.4, -0.2) is 0 Å². The molecule has 4 heteroatoms. The zero-order valence-electron chi connectivity index (χ0n) is 82.3. The lowest BCUT2D eigenvalue weighted by molar-refractivity contribution is 0.155. The predicted molar refractivity (Wildman–Crippen MR) is 529 cm³/mol. The number of unbranched alkanes of at least 4 members (excludes halogenated alkanes) is 3. The van der Waals surface area contributed by atoms with Gasteiger partial charge in [-0.05, 0) is 455 Å². The van der Waals surface area contributed by atoms with E-state index >= 15 is 17.6 Å². The van der Waals surface area contributed by atoms with Gasteiger partial charge in [-0.3, -0.25) is 0 Å². The third kappa shape index (κ3) is 29.3. The van der Waals surface area contributed by atoms with Gasteiger partial charge in [0.1, 0.15) is 23.3 Å². The third-order valence-electron chi connectivity index (χ3n) is 38.3. The van der Waals surface area contributed by atoms with E-state index in [1.54, 1.807) is 0 Å². The fourth-order valence-corrected chi connectivity index (χ4v) is 30.1. The molecule has 0 nitrogen and oxygen atoms in total. The van der Waals surface area contributed by atoms with Crippen molar-refractivity contribution in [2.24, 2.45) is 94.7 Å². The molecule has 0 bridgehead atoms. The minimum atomic E-state index is 0.0876. The van der Waals surface area contributed by atoms with Crippen LogP contribution in [0.3, 0.4) is 0 Å². The lowest BCUT2D eigenvalue weighted by Gasteiger charge is -2.38. The molecule has 0 spiro atoms. The van der Waals surface area contributed by atoms with E-state index in [1.165, 1.54) is 440 Å². The highest BCUT2D eigenvalue weighted by Gasteiger charge is 2.39. The Balaban J connectivity index is 0.000000143. The molecule has 12 aliphatic rings. The van der Waals surface area contributed by atoms with Crippen LogP contribution in [0.25, 0.3) is 0 Å². The van der Waals surface area contributed by atoms with Crippen LogP contribution in [0.1, 0.15) is 565 Å². The molecular weight excluding hydrogens is 1530 g/mol. The van der Waals surface area contributed by atoms with E-state index < -0.39 is 0 Å². The van der Waals surface area contributed by atoms with Crippen LogP contribution in [0.4, 0.5) is 17.6 Å². The first-order valence-electron chi connectivity index (χ1n) is 56.3. The van der Waals surface area contributed by atoms with Gasteiger partial charge in [0, 0.05) is 0 Å². The summed E-state index contributed by atoms with van der Waals surface area (Å²) in [6, 6.07) is 25.5. The second-order valence-corrected chi connectivity index (χ2v) is 46.4. The average Bonchev–Trinajstić information content (AvgIpc) is 0.819. The Labute approximate surface area is 768 Å². The largest absolute Gasteiger partial charge is 0.207 e. The highest BCUT2D eigenvalue weighted by atomic mass is 19.1. The van der Waals surface area contributed by atoms with Crippen LogP contribution in [0, 0.1) is 118 Å². The summed E-state index contributed by atoms with van der Waals surface area (Å²) in [6.45, 7) is 18.5. The van der Waals surface area contributed by atoms with Crippen molar-refractivity contribution >= 4 is 0 Å². The van der Waals surface area contributed by atoms with Crippen molar-refractivity contribution in [2.45, 2.75) is 520 Å². The topological polar surface area (TPSA) is 0 Å². The maximum atomic E-state index is 15.2. The molecule has 0 aliphatic heterocycles. The molecule has 125 heavy (non-hydrogen) atoms. The van der Waals surface area contributed by atoms with Crippen LogP contribution in [0.15, 0.2) is 72.8 Å². The Hall–Kier alpha value is -3.40. The minimum Gasteiger partial charge on any atom is -0.207 e. The van der Waals surface area contributed by atoms with E-state index in [0.29, 0.717) is 47.3 Å². The van der Waals surface area contributed by atoms with Gasteiger partial charge in [-0.1, -0.05) is 277 Å². The van der Waals surface area contributed by atoms with Gasteiger partial charge < -0.3 is 0 Å². The summed E-state index contributed by atoms with van der Waals surface area (Å²) < 4.78 is 60.6. The molecule has 16 rings (SSSR count). The molecular formula is C121H190F4. The lowest BCUT2D eigenvalue weighted by atomic mass is 9.68. The van der Waals surface area contributed by atoms with E-state index in [-0.39, 0.29) is 23.3 Å². The lowest BCUT2D eigenvalue weighted by Crippen LogP contribution is -2.25. The maximum absolute atomic E-state index is 15.2. The quantitative estimate of drug-likeness (QED) is 0.0375. The maximum Gasteiger partial charge on any atom is 0.126 e. The first-order valence-corrected chi connectivity index (χ1v) is 56.3. The molecule has 0 radical (unpaired) electrons. The molecule has 0 atom stereocenters. The van der Waals surface area contributed by atoms with Gasteiger partial charge in [0.25, 0.3) is 0 Å². The Bertz CT molecular complexity index is 3580. The van der Waals surface area contributed by atoms with Crippen LogP contribution in [0.2, 0.25) is 0 Å². The number of hydrogen-bond acceptors (Lipinski definition) is 0. The molecule has 702 valence electrons. The molecule has 12 aliphatic carbocycles. The van der Waals surface area contributed by atoms with Crippen molar-refractivity contribution in [3.05, 3.63) is 141 Å². The standard InChI is InChI=1S/C32H51F.C31H49F.C30H47F.C28H43F/c1-3-5-6-8-25-11-13-26(14-12-25)27-17-19-29(20-18-27)31-22-21-30(23-32(31)33)28-15-9-24(7-4-2)10-16-28;1-3-5-7-24-10-12-25(13-11-24)26-16-18-28(19-17-26)30-21-20-29(22-31(30)32)27-14-8-23(6-4-2)9-15-27;1-3-5-22-7-11-24(12-8-22)25-15-17-27(18-16-25)29-20-19-28(21-30(29)31)26-13-9-23(6-4-2)10-14-26;1-3-4-21-7-11-22(12-8-21)23-13-15-25(16-14-23)27-18-17-26(19-28(27)29)24-9-5-20(2)6-10-24/h21-29H,3-20H2,1-2H3;20-28H,3-19H2,1-2H3;19-27H,3-18H2,1-2H3;17-25H,3-16H2,1-2H3. The van der Waals surface area contributed by atoms with Crippen molar-refractivity contribution in [3.8, 4) is 0 Å². The van der Waals surface area contributed by atoms with Gasteiger partial charge in [0.15, 0.2) is 0 Å². The molecule has 0 N–H and O–H groups in total. The van der Waals surface area contributed by atoms with Gasteiger partial charge in [-0.2, -0.15) is 0 Å². The number of hydrogen-bond donors (Lipinski definition) is 0. The summed E-state index contributed by atoms with van der Waals surface area (Å²) in [7, 11) is 0. The van der Waals surface area contributed by atoms with Crippen LogP contribution < -0.4 is 0 Å². The first kappa shape index (κ1) is 99.1. The van der Waals surface area contributed by atoms with Crippen LogP contribution in [0.5, 0.6) is 0 Å². The Morgan fingerprint density at radius 3 is 0.560 bits per heavy atom. The predicted octanol–water partition coefficient (Wildman–Crippen LogP) is 39.5.